The van der Waals surface area contributed by atoms with Crippen LogP contribution >= 0.6 is 11.8 Å². The minimum atomic E-state index is -0.186. The molecule has 0 N–H and O–H groups in total. The van der Waals surface area contributed by atoms with Crippen molar-refractivity contribution in [2.75, 3.05) is 0 Å². The largest absolute Gasteiger partial charge is 0.278 e. The lowest BCUT2D eigenvalue weighted by atomic mass is 10.0. The SMILES string of the molecule is CC(C)c1ccccc1-n1c(SCn2nnc3ccccc3c2=O)nnc1-c1cccnc1. The summed E-state index contributed by atoms with van der Waals surface area (Å²) in [6, 6.07) is 19.2. The Kier molecular flexibility index (Phi) is 5.70. The molecule has 2 aromatic carbocycles. The molecule has 0 bridgehead atoms. The van der Waals surface area contributed by atoms with Crippen LogP contribution in [0.4, 0.5) is 0 Å². The van der Waals surface area contributed by atoms with E-state index in [9.17, 15) is 4.79 Å². The summed E-state index contributed by atoms with van der Waals surface area (Å²) in [4.78, 5) is 17.1. The van der Waals surface area contributed by atoms with E-state index in [0.29, 0.717) is 27.8 Å². The molecule has 0 aliphatic rings. The van der Waals surface area contributed by atoms with Gasteiger partial charge in [0.1, 0.15) is 5.52 Å². The zero-order valence-corrected chi connectivity index (χ0v) is 19.0. The molecule has 5 aromatic rings. The number of hydrogen-bond donors (Lipinski definition) is 0. The van der Waals surface area contributed by atoms with Gasteiger partial charge in [-0.25, -0.2) is 0 Å². The molecule has 0 aliphatic carbocycles. The monoisotopic (exact) mass is 455 g/mol. The van der Waals surface area contributed by atoms with Crippen LogP contribution in [0.15, 0.2) is 83.0 Å². The van der Waals surface area contributed by atoms with Gasteiger partial charge in [-0.2, -0.15) is 4.68 Å². The van der Waals surface area contributed by atoms with Crippen LogP contribution in [0.2, 0.25) is 0 Å². The second-order valence-corrected chi connectivity index (χ2v) is 8.69. The zero-order chi connectivity index (χ0) is 22.8. The minimum absolute atomic E-state index is 0.186. The molecule has 3 heterocycles. The van der Waals surface area contributed by atoms with Crippen LogP contribution in [0.1, 0.15) is 25.3 Å². The number of aromatic nitrogens is 7. The summed E-state index contributed by atoms with van der Waals surface area (Å²) < 4.78 is 3.38. The molecule has 0 spiro atoms. The van der Waals surface area contributed by atoms with Gasteiger partial charge in [-0.15, -0.1) is 15.3 Å². The third kappa shape index (κ3) is 4.03. The fraction of sp³-hybridized carbons (Fsp3) is 0.167. The third-order valence-electron chi connectivity index (χ3n) is 5.30. The van der Waals surface area contributed by atoms with Crippen LogP contribution in [-0.2, 0) is 5.88 Å². The maximum Gasteiger partial charge on any atom is 0.278 e. The summed E-state index contributed by atoms with van der Waals surface area (Å²) in [7, 11) is 0. The van der Waals surface area contributed by atoms with Crippen LogP contribution in [-0.4, -0.2) is 34.7 Å². The number of benzene rings is 2. The highest BCUT2D eigenvalue weighted by Gasteiger charge is 2.20. The van der Waals surface area contributed by atoms with Gasteiger partial charge >= 0.3 is 0 Å². The zero-order valence-electron chi connectivity index (χ0n) is 18.2. The van der Waals surface area contributed by atoms with Gasteiger partial charge in [-0.05, 0) is 41.8 Å². The fourth-order valence-corrected chi connectivity index (χ4v) is 4.49. The van der Waals surface area contributed by atoms with Crippen molar-refractivity contribution in [3.05, 3.63) is 89.0 Å². The Morgan fingerprint density at radius 1 is 0.939 bits per heavy atom. The van der Waals surface area contributed by atoms with E-state index in [1.807, 2.05) is 41.0 Å². The van der Waals surface area contributed by atoms with Crippen molar-refractivity contribution in [3.8, 4) is 17.1 Å². The molecule has 0 saturated carbocycles. The van der Waals surface area contributed by atoms with Crippen molar-refractivity contribution in [1.82, 2.24) is 34.7 Å². The molecule has 0 unspecified atom stereocenters. The Hall–Kier alpha value is -3.85. The topological polar surface area (TPSA) is 91.4 Å². The number of fused-ring (bicyclic) bond motifs is 1. The standard InChI is InChI=1S/C24H21N7OS/c1-16(2)18-9-4-6-12-21(18)31-22(17-8-7-13-25-14-17)27-28-24(31)33-15-30-23(32)19-10-3-5-11-20(19)26-29-30/h3-14,16H,15H2,1-2H3. The smallest absolute Gasteiger partial charge is 0.270 e. The third-order valence-corrected chi connectivity index (χ3v) is 6.19. The van der Waals surface area contributed by atoms with Gasteiger partial charge in [0, 0.05) is 18.0 Å². The summed E-state index contributed by atoms with van der Waals surface area (Å²) in [5, 5.41) is 18.4. The molecular weight excluding hydrogens is 434 g/mol. The van der Waals surface area contributed by atoms with Gasteiger partial charge < -0.3 is 0 Å². The minimum Gasteiger partial charge on any atom is -0.270 e. The predicted octanol–water partition coefficient (Wildman–Crippen LogP) is 4.31. The maximum atomic E-state index is 12.9. The molecule has 9 heteroatoms. The van der Waals surface area contributed by atoms with E-state index in [4.69, 9.17) is 0 Å². The Bertz CT molecular complexity index is 1480. The lowest BCUT2D eigenvalue weighted by Crippen LogP contribution is -2.23. The van der Waals surface area contributed by atoms with Gasteiger partial charge in [-0.1, -0.05) is 61.2 Å². The molecule has 0 amide bonds. The average Bonchev–Trinajstić information content (AvgIpc) is 3.28. The molecule has 3 aromatic heterocycles. The molecule has 0 saturated heterocycles. The van der Waals surface area contributed by atoms with Gasteiger partial charge in [0.2, 0.25) is 0 Å². The van der Waals surface area contributed by atoms with E-state index in [2.05, 4.69) is 51.5 Å². The lowest BCUT2D eigenvalue weighted by molar-refractivity contribution is 0.643. The predicted molar refractivity (Wildman–Crippen MR) is 128 cm³/mol. The number of hydrogen-bond acceptors (Lipinski definition) is 7. The first-order valence-electron chi connectivity index (χ1n) is 10.5. The molecule has 8 nitrogen and oxygen atoms in total. The highest BCUT2D eigenvalue weighted by Crippen LogP contribution is 2.32. The van der Waals surface area contributed by atoms with E-state index >= 15 is 0 Å². The van der Waals surface area contributed by atoms with E-state index < -0.39 is 0 Å². The van der Waals surface area contributed by atoms with E-state index in [1.165, 1.54) is 22.0 Å². The number of rotatable bonds is 6. The van der Waals surface area contributed by atoms with E-state index in [-0.39, 0.29) is 11.4 Å². The molecule has 33 heavy (non-hydrogen) atoms. The van der Waals surface area contributed by atoms with Crippen LogP contribution in [0, 0.1) is 0 Å². The summed E-state index contributed by atoms with van der Waals surface area (Å²) in [6.07, 6.45) is 3.50. The summed E-state index contributed by atoms with van der Waals surface area (Å²) >= 11 is 1.38. The highest BCUT2D eigenvalue weighted by atomic mass is 32.2. The van der Waals surface area contributed by atoms with Crippen molar-refractivity contribution in [3.63, 3.8) is 0 Å². The van der Waals surface area contributed by atoms with Crippen LogP contribution in [0.3, 0.4) is 0 Å². The normalized spacial score (nSPS) is 11.4. The molecule has 0 radical (unpaired) electrons. The number of thioether (sulfide) groups is 1. The Labute approximate surface area is 194 Å². The van der Waals surface area contributed by atoms with Crippen molar-refractivity contribution in [2.24, 2.45) is 0 Å². The van der Waals surface area contributed by atoms with Crippen molar-refractivity contribution in [2.45, 2.75) is 30.8 Å². The molecule has 5 rings (SSSR count). The van der Waals surface area contributed by atoms with E-state index in [0.717, 1.165) is 11.3 Å². The average molecular weight is 456 g/mol. The number of pyridine rings is 1. The molecule has 0 fully saturated rings. The maximum absolute atomic E-state index is 12.9. The Morgan fingerprint density at radius 3 is 2.58 bits per heavy atom. The number of nitrogens with zero attached hydrogens (tertiary/aromatic N) is 7. The fourth-order valence-electron chi connectivity index (χ4n) is 3.67. The van der Waals surface area contributed by atoms with Crippen molar-refractivity contribution in [1.29, 1.82) is 0 Å². The van der Waals surface area contributed by atoms with E-state index in [1.54, 1.807) is 24.5 Å². The quantitative estimate of drug-likeness (QED) is 0.352. The van der Waals surface area contributed by atoms with Crippen LogP contribution < -0.4 is 5.56 Å². The first-order valence-corrected chi connectivity index (χ1v) is 11.5. The summed E-state index contributed by atoms with van der Waals surface area (Å²) in [5.41, 5.74) is 3.42. The van der Waals surface area contributed by atoms with Gasteiger partial charge in [-0.3, -0.25) is 14.3 Å². The van der Waals surface area contributed by atoms with Crippen molar-refractivity contribution >= 4 is 22.7 Å². The van der Waals surface area contributed by atoms with Crippen LogP contribution in [0.5, 0.6) is 0 Å². The Morgan fingerprint density at radius 2 is 1.76 bits per heavy atom. The van der Waals surface area contributed by atoms with Gasteiger partial charge in [0.15, 0.2) is 11.0 Å². The molecule has 0 atom stereocenters. The molecule has 0 aliphatic heterocycles. The lowest BCUT2D eigenvalue weighted by Gasteiger charge is -2.16. The summed E-state index contributed by atoms with van der Waals surface area (Å²) in [6.45, 7) is 4.31. The molecular formula is C24H21N7OS. The van der Waals surface area contributed by atoms with Gasteiger partial charge in [0.25, 0.3) is 5.56 Å². The van der Waals surface area contributed by atoms with Crippen molar-refractivity contribution < 1.29 is 0 Å². The Balaban J connectivity index is 1.58. The number of para-hydroxylation sites is 1. The molecule has 164 valence electrons. The highest BCUT2D eigenvalue weighted by molar-refractivity contribution is 7.98. The van der Waals surface area contributed by atoms with Crippen LogP contribution in [0.25, 0.3) is 28.0 Å². The first-order chi connectivity index (χ1) is 16.1. The first kappa shape index (κ1) is 21.0. The second-order valence-electron chi connectivity index (χ2n) is 7.78. The summed E-state index contributed by atoms with van der Waals surface area (Å²) in [5.74, 6) is 1.25. The van der Waals surface area contributed by atoms with Gasteiger partial charge in [0.05, 0.1) is 17.0 Å². The second kappa shape index (κ2) is 8.95.